The molecule has 4 heteroatoms. The van der Waals surface area contributed by atoms with Gasteiger partial charge in [0.25, 0.3) is 5.91 Å². The second kappa shape index (κ2) is 7.27. The van der Waals surface area contributed by atoms with Crippen molar-refractivity contribution in [1.29, 1.82) is 0 Å². The summed E-state index contributed by atoms with van der Waals surface area (Å²) in [6.45, 7) is 8.14. The smallest absolute Gasteiger partial charge is 0.254 e. The fourth-order valence-electron chi connectivity index (χ4n) is 2.87. The summed E-state index contributed by atoms with van der Waals surface area (Å²) in [6.07, 6.45) is 3.38. The van der Waals surface area contributed by atoms with E-state index in [0.717, 1.165) is 11.1 Å². The molecule has 0 saturated carbocycles. The number of nitrogens with zero attached hydrogens (tertiary/aromatic N) is 2. The van der Waals surface area contributed by atoms with Gasteiger partial charge in [0, 0.05) is 29.4 Å². The van der Waals surface area contributed by atoms with Crippen molar-refractivity contribution in [3.8, 4) is 16.9 Å². The van der Waals surface area contributed by atoms with Crippen molar-refractivity contribution in [3.63, 3.8) is 0 Å². The monoisotopic (exact) mass is 312 g/mol. The molecule has 0 N–H and O–H groups in total. The van der Waals surface area contributed by atoms with Crippen LogP contribution >= 0.6 is 0 Å². The minimum Gasteiger partial charge on any atom is -0.494 e. The maximum Gasteiger partial charge on any atom is 0.254 e. The number of amides is 1. The lowest BCUT2D eigenvalue weighted by Crippen LogP contribution is -2.42. The van der Waals surface area contributed by atoms with Crippen LogP contribution in [-0.4, -0.2) is 35.0 Å². The highest BCUT2D eigenvalue weighted by molar-refractivity contribution is 6.01. The molecule has 0 spiro atoms. The molecule has 1 aromatic carbocycles. The molecule has 0 bridgehead atoms. The highest BCUT2D eigenvalue weighted by atomic mass is 16.5. The quantitative estimate of drug-likeness (QED) is 0.837. The van der Waals surface area contributed by atoms with E-state index in [1.54, 1.807) is 19.5 Å². The van der Waals surface area contributed by atoms with Gasteiger partial charge in [-0.1, -0.05) is 18.2 Å². The van der Waals surface area contributed by atoms with Crippen LogP contribution in [-0.2, 0) is 0 Å². The van der Waals surface area contributed by atoms with Crippen LogP contribution in [0, 0.1) is 0 Å². The van der Waals surface area contributed by atoms with E-state index in [4.69, 9.17) is 4.74 Å². The van der Waals surface area contributed by atoms with Gasteiger partial charge in [-0.3, -0.25) is 9.78 Å². The van der Waals surface area contributed by atoms with Crippen molar-refractivity contribution in [2.24, 2.45) is 0 Å². The lowest BCUT2D eigenvalue weighted by molar-refractivity contribution is 0.0644. The highest BCUT2D eigenvalue weighted by Crippen LogP contribution is 2.32. The number of carbonyl (C=O) groups excluding carboxylic acids is 1. The van der Waals surface area contributed by atoms with E-state index >= 15 is 0 Å². The molecule has 23 heavy (non-hydrogen) atoms. The molecule has 4 nitrogen and oxygen atoms in total. The van der Waals surface area contributed by atoms with Crippen molar-refractivity contribution in [2.75, 3.05) is 7.11 Å². The molecule has 0 aliphatic carbocycles. The zero-order valence-corrected chi connectivity index (χ0v) is 14.4. The number of benzene rings is 1. The second-order valence-corrected chi connectivity index (χ2v) is 6.02. The number of hydrogen-bond acceptors (Lipinski definition) is 3. The predicted octanol–water partition coefficient (Wildman–Crippen LogP) is 4.02. The first-order valence-corrected chi connectivity index (χ1v) is 7.87. The van der Waals surface area contributed by atoms with Gasteiger partial charge in [0.1, 0.15) is 5.75 Å². The number of carbonyl (C=O) groups is 1. The lowest BCUT2D eigenvalue weighted by Gasteiger charge is -2.31. The molecule has 0 aliphatic heterocycles. The van der Waals surface area contributed by atoms with Crippen LogP contribution < -0.4 is 4.74 Å². The largest absolute Gasteiger partial charge is 0.494 e. The standard InChI is InChI=1S/C19H24N2O2/c1-13(2)21(14(3)4)19(22)17-9-7-6-8-15(17)16-10-11-20-12-18(16)23-5/h6-14H,1-5H3. The summed E-state index contributed by atoms with van der Waals surface area (Å²) >= 11 is 0. The molecule has 0 fully saturated rings. The van der Waals surface area contributed by atoms with Crippen LogP contribution in [0.15, 0.2) is 42.7 Å². The van der Waals surface area contributed by atoms with E-state index in [0.29, 0.717) is 11.3 Å². The van der Waals surface area contributed by atoms with E-state index in [2.05, 4.69) is 4.98 Å². The average Bonchev–Trinajstić information content (AvgIpc) is 2.54. The summed E-state index contributed by atoms with van der Waals surface area (Å²) in [5.41, 5.74) is 2.42. The Labute approximate surface area is 138 Å². The highest BCUT2D eigenvalue weighted by Gasteiger charge is 2.24. The van der Waals surface area contributed by atoms with Crippen LogP contribution in [0.1, 0.15) is 38.1 Å². The van der Waals surface area contributed by atoms with Crippen LogP contribution in [0.4, 0.5) is 0 Å². The van der Waals surface area contributed by atoms with Gasteiger partial charge in [-0.15, -0.1) is 0 Å². The fraction of sp³-hybridized carbons (Fsp3) is 0.368. The molecule has 0 atom stereocenters. The third kappa shape index (κ3) is 3.52. The number of methoxy groups -OCH3 is 1. The topological polar surface area (TPSA) is 42.4 Å². The Bertz CT molecular complexity index is 673. The van der Waals surface area contributed by atoms with E-state index in [-0.39, 0.29) is 18.0 Å². The SMILES string of the molecule is COc1cnccc1-c1ccccc1C(=O)N(C(C)C)C(C)C. The second-order valence-electron chi connectivity index (χ2n) is 6.02. The summed E-state index contributed by atoms with van der Waals surface area (Å²) in [5.74, 6) is 0.692. The average molecular weight is 312 g/mol. The molecule has 2 aromatic rings. The van der Waals surface area contributed by atoms with Crippen molar-refractivity contribution in [3.05, 3.63) is 48.3 Å². The number of pyridine rings is 1. The maximum atomic E-state index is 13.1. The summed E-state index contributed by atoms with van der Waals surface area (Å²) < 4.78 is 5.40. The van der Waals surface area contributed by atoms with E-state index in [1.807, 2.05) is 62.9 Å². The molecule has 0 saturated heterocycles. The maximum absolute atomic E-state index is 13.1. The first kappa shape index (κ1) is 17.0. The minimum atomic E-state index is 0.0319. The Morgan fingerprint density at radius 2 is 1.70 bits per heavy atom. The first-order chi connectivity index (χ1) is 11.0. The van der Waals surface area contributed by atoms with Gasteiger partial charge in [-0.2, -0.15) is 0 Å². The molecule has 0 radical (unpaired) electrons. The van der Waals surface area contributed by atoms with Gasteiger partial charge >= 0.3 is 0 Å². The summed E-state index contributed by atoms with van der Waals surface area (Å²) in [6, 6.07) is 9.79. The predicted molar refractivity (Wildman–Crippen MR) is 92.7 cm³/mol. The van der Waals surface area contributed by atoms with E-state index in [9.17, 15) is 4.79 Å². The van der Waals surface area contributed by atoms with Gasteiger partial charge in [0.15, 0.2) is 0 Å². The third-order valence-electron chi connectivity index (χ3n) is 3.80. The normalized spacial score (nSPS) is 10.9. The van der Waals surface area contributed by atoms with E-state index < -0.39 is 0 Å². The van der Waals surface area contributed by atoms with Gasteiger partial charge in [-0.25, -0.2) is 0 Å². The Morgan fingerprint density at radius 1 is 1.04 bits per heavy atom. The molecule has 1 amide bonds. The lowest BCUT2D eigenvalue weighted by atomic mass is 9.98. The summed E-state index contributed by atoms with van der Waals surface area (Å²) in [5, 5.41) is 0. The molecule has 0 unspecified atom stereocenters. The Morgan fingerprint density at radius 3 is 2.30 bits per heavy atom. The Balaban J connectivity index is 2.56. The molecular formula is C19H24N2O2. The molecule has 1 aromatic heterocycles. The fourth-order valence-corrected chi connectivity index (χ4v) is 2.87. The van der Waals surface area contributed by atoms with Crippen LogP contribution in [0.2, 0.25) is 0 Å². The molecule has 2 rings (SSSR count). The van der Waals surface area contributed by atoms with E-state index in [1.165, 1.54) is 0 Å². The van der Waals surface area contributed by atoms with Gasteiger partial charge in [-0.05, 0) is 45.4 Å². The molecular weight excluding hydrogens is 288 g/mol. The number of hydrogen-bond donors (Lipinski definition) is 0. The number of ether oxygens (including phenoxy) is 1. The summed E-state index contributed by atoms with van der Waals surface area (Å²) in [7, 11) is 1.61. The van der Waals surface area contributed by atoms with Gasteiger partial charge in [0.2, 0.25) is 0 Å². The Kier molecular flexibility index (Phi) is 5.37. The third-order valence-corrected chi connectivity index (χ3v) is 3.80. The van der Waals surface area contributed by atoms with Crippen molar-refractivity contribution in [1.82, 2.24) is 9.88 Å². The van der Waals surface area contributed by atoms with Crippen molar-refractivity contribution >= 4 is 5.91 Å². The van der Waals surface area contributed by atoms with Gasteiger partial charge < -0.3 is 9.64 Å². The Hall–Kier alpha value is -2.36. The molecule has 1 heterocycles. The van der Waals surface area contributed by atoms with Crippen molar-refractivity contribution in [2.45, 2.75) is 39.8 Å². The van der Waals surface area contributed by atoms with Crippen molar-refractivity contribution < 1.29 is 9.53 Å². The summed E-state index contributed by atoms with van der Waals surface area (Å²) in [4.78, 5) is 19.1. The molecule has 122 valence electrons. The number of aromatic nitrogens is 1. The van der Waals surface area contributed by atoms with Crippen LogP contribution in [0.5, 0.6) is 5.75 Å². The van der Waals surface area contributed by atoms with Crippen LogP contribution in [0.25, 0.3) is 11.1 Å². The van der Waals surface area contributed by atoms with Crippen LogP contribution in [0.3, 0.4) is 0 Å². The zero-order valence-electron chi connectivity index (χ0n) is 14.4. The van der Waals surface area contributed by atoms with Gasteiger partial charge in [0.05, 0.1) is 13.3 Å². The first-order valence-electron chi connectivity index (χ1n) is 7.87. The zero-order chi connectivity index (χ0) is 17.0. The molecule has 0 aliphatic rings. The number of rotatable bonds is 5. The minimum absolute atomic E-state index is 0.0319.